The van der Waals surface area contributed by atoms with E-state index in [-0.39, 0.29) is 5.91 Å². The summed E-state index contributed by atoms with van der Waals surface area (Å²) in [4.78, 5) is 24.6. The van der Waals surface area contributed by atoms with Crippen LogP contribution < -0.4 is 10.2 Å². The molecule has 1 heterocycles. The van der Waals surface area contributed by atoms with E-state index in [0.717, 1.165) is 18.5 Å². The van der Waals surface area contributed by atoms with Gasteiger partial charge in [-0.1, -0.05) is 11.6 Å². The molecule has 0 aliphatic carbocycles. The summed E-state index contributed by atoms with van der Waals surface area (Å²) in [6.07, 6.45) is 0.722. The number of amides is 1. The Hall–Kier alpha value is -1.55. The van der Waals surface area contributed by atoms with E-state index in [1.54, 1.807) is 12.1 Å². The van der Waals surface area contributed by atoms with Crippen LogP contribution in [0.4, 0.5) is 5.69 Å². The lowest BCUT2D eigenvalue weighted by Gasteiger charge is -2.43. The maximum atomic E-state index is 11.9. The van der Waals surface area contributed by atoms with Gasteiger partial charge in [0.25, 0.3) is 0 Å². The Morgan fingerprint density at radius 1 is 1.44 bits per heavy atom. The van der Waals surface area contributed by atoms with E-state index in [4.69, 9.17) is 11.6 Å². The van der Waals surface area contributed by atoms with Crippen molar-refractivity contribution in [2.75, 3.05) is 18.0 Å². The highest BCUT2D eigenvalue weighted by atomic mass is 35.5. The van der Waals surface area contributed by atoms with E-state index < -0.39 is 5.54 Å². The van der Waals surface area contributed by atoms with Gasteiger partial charge < -0.3 is 10.2 Å². The summed E-state index contributed by atoms with van der Waals surface area (Å²) in [7, 11) is 0. The van der Waals surface area contributed by atoms with Gasteiger partial charge in [-0.05, 0) is 32.0 Å². The minimum atomic E-state index is -0.621. The second-order valence-corrected chi connectivity index (χ2v) is 5.20. The van der Waals surface area contributed by atoms with Crippen LogP contribution in [0.15, 0.2) is 18.2 Å². The highest BCUT2D eigenvalue weighted by molar-refractivity contribution is 6.33. The van der Waals surface area contributed by atoms with Crippen LogP contribution in [0.3, 0.4) is 0 Å². The molecule has 0 unspecified atom stereocenters. The number of benzene rings is 1. The molecule has 1 aromatic rings. The molecule has 0 radical (unpaired) electrons. The summed E-state index contributed by atoms with van der Waals surface area (Å²) in [6, 6.07) is 5.22. The second-order valence-electron chi connectivity index (χ2n) is 4.79. The van der Waals surface area contributed by atoms with E-state index in [0.29, 0.717) is 17.1 Å². The lowest BCUT2D eigenvalue weighted by molar-refractivity contribution is -0.126. The number of carbonyl (C=O) groups is 2. The summed E-state index contributed by atoms with van der Waals surface area (Å²) < 4.78 is 0. The molecule has 5 heteroatoms. The molecular formula is C13H15ClN2O2. The number of halogens is 1. The molecular weight excluding hydrogens is 252 g/mol. The van der Waals surface area contributed by atoms with Gasteiger partial charge in [0.15, 0.2) is 6.29 Å². The molecule has 96 valence electrons. The Balaban J connectivity index is 2.39. The van der Waals surface area contributed by atoms with Gasteiger partial charge in [-0.2, -0.15) is 0 Å². The fourth-order valence-electron chi connectivity index (χ4n) is 2.13. The van der Waals surface area contributed by atoms with Gasteiger partial charge in [-0.25, -0.2) is 0 Å². The van der Waals surface area contributed by atoms with Crippen LogP contribution in [0.1, 0.15) is 24.2 Å². The number of aldehydes is 1. The van der Waals surface area contributed by atoms with Crippen LogP contribution >= 0.6 is 11.6 Å². The Morgan fingerprint density at radius 2 is 2.17 bits per heavy atom. The van der Waals surface area contributed by atoms with Crippen LogP contribution in [0.5, 0.6) is 0 Å². The van der Waals surface area contributed by atoms with E-state index in [1.807, 2.05) is 24.8 Å². The summed E-state index contributed by atoms with van der Waals surface area (Å²) in [5.74, 6) is -0.00987. The van der Waals surface area contributed by atoms with Gasteiger partial charge in [-0.15, -0.1) is 0 Å². The highest BCUT2D eigenvalue weighted by Crippen LogP contribution is 2.29. The number of hydrogen-bond acceptors (Lipinski definition) is 3. The number of rotatable bonds is 2. The fourth-order valence-corrected chi connectivity index (χ4v) is 2.35. The third-order valence-corrected chi connectivity index (χ3v) is 3.60. The number of nitrogens with zero attached hydrogens (tertiary/aromatic N) is 1. The average molecular weight is 267 g/mol. The Labute approximate surface area is 111 Å². The number of nitrogens with one attached hydrogen (secondary N) is 1. The largest absolute Gasteiger partial charge is 0.356 e. The third kappa shape index (κ3) is 2.08. The van der Waals surface area contributed by atoms with Gasteiger partial charge in [0.05, 0.1) is 5.02 Å². The first-order valence-corrected chi connectivity index (χ1v) is 6.15. The maximum absolute atomic E-state index is 11.9. The molecule has 1 amide bonds. The second kappa shape index (κ2) is 4.61. The summed E-state index contributed by atoms with van der Waals surface area (Å²) in [5.41, 5.74) is 0.690. The molecule has 1 saturated heterocycles. The molecule has 0 saturated carbocycles. The van der Waals surface area contributed by atoms with Gasteiger partial charge in [0, 0.05) is 24.3 Å². The van der Waals surface area contributed by atoms with Crippen molar-refractivity contribution in [1.29, 1.82) is 0 Å². The van der Waals surface area contributed by atoms with Crippen LogP contribution in [0.25, 0.3) is 0 Å². The first-order chi connectivity index (χ1) is 8.46. The van der Waals surface area contributed by atoms with Crippen molar-refractivity contribution < 1.29 is 9.59 Å². The summed E-state index contributed by atoms with van der Waals surface area (Å²) in [6.45, 7) is 5.05. The molecule has 0 bridgehead atoms. The lowest BCUT2D eigenvalue weighted by atomic mass is 9.97. The standard InChI is InChI=1S/C13H15ClN2O2/c1-13(2)12(18)15-5-6-16(13)10-4-3-9(8-17)11(14)7-10/h3-4,7-8H,5-6H2,1-2H3,(H,15,18). The Bertz CT molecular complexity index is 500. The minimum absolute atomic E-state index is 0.00987. The van der Waals surface area contributed by atoms with E-state index in [1.165, 1.54) is 0 Å². The van der Waals surface area contributed by atoms with E-state index in [9.17, 15) is 9.59 Å². The van der Waals surface area contributed by atoms with E-state index >= 15 is 0 Å². The molecule has 1 aromatic carbocycles. The number of piperazine rings is 1. The molecule has 18 heavy (non-hydrogen) atoms. The summed E-state index contributed by atoms with van der Waals surface area (Å²) >= 11 is 6.02. The molecule has 1 N–H and O–H groups in total. The van der Waals surface area contributed by atoms with E-state index in [2.05, 4.69) is 5.32 Å². The van der Waals surface area contributed by atoms with Gasteiger partial charge in [0.1, 0.15) is 5.54 Å². The van der Waals surface area contributed by atoms with Crippen LogP contribution in [0, 0.1) is 0 Å². The molecule has 1 fully saturated rings. The van der Waals surface area contributed by atoms with Crippen molar-refractivity contribution in [1.82, 2.24) is 5.32 Å². The molecule has 1 aliphatic rings. The first kappa shape index (κ1) is 12.9. The van der Waals surface area contributed by atoms with Crippen LogP contribution in [0.2, 0.25) is 5.02 Å². The van der Waals surface area contributed by atoms with Gasteiger partial charge in [-0.3, -0.25) is 9.59 Å². The van der Waals surface area contributed by atoms with Crippen LogP contribution in [-0.2, 0) is 4.79 Å². The molecule has 0 atom stereocenters. The smallest absolute Gasteiger partial charge is 0.245 e. The van der Waals surface area contributed by atoms with Gasteiger partial charge >= 0.3 is 0 Å². The molecule has 0 spiro atoms. The normalized spacial score (nSPS) is 18.4. The predicted octanol–water partition coefficient (Wildman–Crippen LogP) is 1.87. The van der Waals surface area contributed by atoms with Crippen molar-refractivity contribution in [2.24, 2.45) is 0 Å². The number of hydrogen-bond donors (Lipinski definition) is 1. The molecule has 1 aliphatic heterocycles. The Kier molecular flexibility index (Phi) is 3.30. The third-order valence-electron chi connectivity index (χ3n) is 3.27. The monoisotopic (exact) mass is 266 g/mol. The molecule has 2 rings (SSSR count). The SMILES string of the molecule is CC1(C)C(=O)NCCN1c1ccc(C=O)c(Cl)c1. The zero-order chi connectivity index (χ0) is 13.3. The quantitative estimate of drug-likeness (QED) is 0.832. The number of anilines is 1. The minimum Gasteiger partial charge on any atom is -0.356 e. The molecule has 4 nitrogen and oxygen atoms in total. The fraction of sp³-hybridized carbons (Fsp3) is 0.385. The van der Waals surface area contributed by atoms with Crippen molar-refractivity contribution in [3.63, 3.8) is 0 Å². The Morgan fingerprint density at radius 3 is 2.78 bits per heavy atom. The number of carbonyl (C=O) groups excluding carboxylic acids is 2. The van der Waals surface area contributed by atoms with Crippen LogP contribution in [-0.4, -0.2) is 30.8 Å². The van der Waals surface area contributed by atoms with Gasteiger partial charge in [0.2, 0.25) is 5.91 Å². The average Bonchev–Trinajstić information content (AvgIpc) is 2.32. The summed E-state index contributed by atoms with van der Waals surface area (Å²) in [5, 5.41) is 3.25. The first-order valence-electron chi connectivity index (χ1n) is 5.77. The maximum Gasteiger partial charge on any atom is 0.245 e. The zero-order valence-electron chi connectivity index (χ0n) is 10.4. The van der Waals surface area contributed by atoms with Crippen molar-refractivity contribution in [2.45, 2.75) is 19.4 Å². The van der Waals surface area contributed by atoms with Crippen molar-refractivity contribution in [3.05, 3.63) is 28.8 Å². The zero-order valence-corrected chi connectivity index (χ0v) is 11.1. The predicted molar refractivity (Wildman–Crippen MR) is 71.3 cm³/mol. The lowest BCUT2D eigenvalue weighted by Crippen LogP contribution is -2.62. The topological polar surface area (TPSA) is 49.4 Å². The van der Waals surface area contributed by atoms with Crippen molar-refractivity contribution in [3.8, 4) is 0 Å². The molecule has 0 aromatic heterocycles. The van der Waals surface area contributed by atoms with Crippen molar-refractivity contribution >= 4 is 29.5 Å². The highest BCUT2D eigenvalue weighted by Gasteiger charge is 2.37.